The molecule has 0 radical (unpaired) electrons. The Bertz CT molecular complexity index is 495. The normalized spacial score (nSPS) is 10.5. The van der Waals surface area contributed by atoms with Crippen molar-refractivity contribution in [1.82, 2.24) is 9.36 Å². The average Bonchev–Trinajstić information content (AvgIpc) is 2.77. The van der Waals surface area contributed by atoms with Gasteiger partial charge in [-0.2, -0.15) is 4.37 Å². The molecular weight excluding hydrogens is 232 g/mol. The summed E-state index contributed by atoms with van der Waals surface area (Å²) in [4.78, 5) is 6.54. The molecule has 0 unspecified atom stereocenters. The number of aromatic nitrogens is 2. The minimum Gasteiger partial charge on any atom is -0.399 e. The number of nitrogens with two attached hydrogens (primary N) is 1. The third-order valence-electron chi connectivity index (χ3n) is 2.47. The topological polar surface area (TPSA) is 55.0 Å². The Balaban J connectivity index is 2.08. The second kappa shape index (κ2) is 5.14. The van der Waals surface area contributed by atoms with Gasteiger partial charge in [-0.3, -0.25) is 0 Å². The first-order chi connectivity index (χ1) is 8.19. The molecule has 0 aliphatic rings. The lowest BCUT2D eigenvalue weighted by molar-refractivity contribution is 0.898. The average molecular weight is 248 g/mol. The molecule has 4 nitrogen and oxygen atoms in total. The largest absolute Gasteiger partial charge is 0.399 e. The van der Waals surface area contributed by atoms with Gasteiger partial charge in [0.1, 0.15) is 5.82 Å². The number of benzene rings is 1. The van der Waals surface area contributed by atoms with Gasteiger partial charge in [-0.1, -0.05) is 19.1 Å². The number of rotatable bonds is 4. The fraction of sp³-hybridized carbons (Fsp3) is 0.333. The van der Waals surface area contributed by atoms with Gasteiger partial charge in [-0.15, -0.1) is 0 Å². The van der Waals surface area contributed by atoms with Crippen molar-refractivity contribution >= 4 is 22.4 Å². The van der Waals surface area contributed by atoms with Gasteiger partial charge >= 0.3 is 0 Å². The summed E-state index contributed by atoms with van der Waals surface area (Å²) in [6.07, 6.45) is 0.878. The summed E-state index contributed by atoms with van der Waals surface area (Å²) in [5.74, 6) is 0.907. The summed E-state index contributed by atoms with van der Waals surface area (Å²) in [6.45, 7) is 2.85. The van der Waals surface area contributed by atoms with E-state index in [1.807, 2.05) is 25.2 Å². The number of nitrogens with zero attached hydrogens (tertiary/aromatic N) is 3. The molecule has 0 spiro atoms. The molecule has 0 fully saturated rings. The van der Waals surface area contributed by atoms with Gasteiger partial charge in [0.05, 0.1) is 0 Å². The highest BCUT2D eigenvalue weighted by atomic mass is 32.1. The predicted molar refractivity (Wildman–Crippen MR) is 72.2 cm³/mol. The van der Waals surface area contributed by atoms with E-state index in [9.17, 15) is 0 Å². The SMILES string of the molecule is CCc1nsc(N(C)Cc2cccc(N)c2)n1. The van der Waals surface area contributed by atoms with E-state index >= 15 is 0 Å². The molecule has 17 heavy (non-hydrogen) atoms. The van der Waals surface area contributed by atoms with Crippen LogP contribution in [-0.2, 0) is 13.0 Å². The van der Waals surface area contributed by atoms with Crippen LogP contribution in [0.1, 0.15) is 18.3 Å². The van der Waals surface area contributed by atoms with Gasteiger partial charge in [0.15, 0.2) is 0 Å². The number of hydrogen-bond donors (Lipinski definition) is 1. The Hall–Kier alpha value is -1.62. The van der Waals surface area contributed by atoms with Crippen molar-refractivity contribution in [3.05, 3.63) is 35.7 Å². The molecule has 0 amide bonds. The molecule has 1 aromatic carbocycles. The highest BCUT2D eigenvalue weighted by Gasteiger charge is 2.08. The first kappa shape index (κ1) is 11.9. The van der Waals surface area contributed by atoms with E-state index in [-0.39, 0.29) is 0 Å². The number of anilines is 2. The second-order valence-corrected chi connectivity index (χ2v) is 4.68. The van der Waals surface area contributed by atoms with Gasteiger partial charge in [-0.05, 0) is 17.7 Å². The highest BCUT2D eigenvalue weighted by Crippen LogP contribution is 2.18. The third kappa shape index (κ3) is 2.94. The number of hydrogen-bond acceptors (Lipinski definition) is 5. The molecule has 2 aromatic rings. The van der Waals surface area contributed by atoms with E-state index in [0.717, 1.165) is 29.6 Å². The Morgan fingerprint density at radius 2 is 2.24 bits per heavy atom. The molecule has 1 aromatic heterocycles. The van der Waals surface area contributed by atoms with Crippen LogP contribution < -0.4 is 10.6 Å². The monoisotopic (exact) mass is 248 g/mol. The van der Waals surface area contributed by atoms with Gasteiger partial charge in [0, 0.05) is 37.2 Å². The maximum absolute atomic E-state index is 5.75. The van der Waals surface area contributed by atoms with E-state index in [4.69, 9.17) is 5.73 Å². The van der Waals surface area contributed by atoms with Crippen molar-refractivity contribution in [3.8, 4) is 0 Å². The maximum atomic E-state index is 5.75. The molecule has 90 valence electrons. The fourth-order valence-corrected chi connectivity index (χ4v) is 2.28. The van der Waals surface area contributed by atoms with Crippen molar-refractivity contribution in [2.45, 2.75) is 19.9 Å². The molecule has 0 saturated carbocycles. The van der Waals surface area contributed by atoms with Crippen LogP contribution in [-0.4, -0.2) is 16.4 Å². The zero-order chi connectivity index (χ0) is 12.3. The highest BCUT2D eigenvalue weighted by molar-refractivity contribution is 7.09. The van der Waals surface area contributed by atoms with Crippen molar-refractivity contribution in [2.75, 3.05) is 17.7 Å². The van der Waals surface area contributed by atoms with E-state index in [1.54, 1.807) is 0 Å². The molecule has 0 saturated heterocycles. The smallest absolute Gasteiger partial charge is 0.205 e. The zero-order valence-electron chi connectivity index (χ0n) is 10.1. The number of nitrogen functional groups attached to an aromatic ring is 1. The summed E-state index contributed by atoms with van der Waals surface area (Å²) in [7, 11) is 2.02. The quantitative estimate of drug-likeness (QED) is 0.844. The molecular formula is C12H16N4S. The van der Waals surface area contributed by atoms with E-state index in [0.29, 0.717) is 0 Å². The molecule has 2 rings (SSSR count). The Morgan fingerprint density at radius 1 is 1.41 bits per heavy atom. The fourth-order valence-electron chi connectivity index (χ4n) is 1.58. The van der Waals surface area contributed by atoms with Gasteiger partial charge in [0.25, 0.3) is 0 Å². The maximum Gasteiger partial charge on any atom is 0.205 e. The van der Waals surface area contributed by atoms with E-state index in [2.05, 4.69) is 27.2 Å². The van der Waals surface area contributed by atoms with E-state index < -0.39 is 0 Å². The van der Waals surface area contributed by atoms with Crippen LogP contribution in [0.5, 0.6) is 0 Å². The van der Waals surface area contributed by atoms with Crippen molar-refractivity contribution in [3.63, 3.8) is 0 Å². The Kier molecular flexibility index (Phi) is 3.58. The van der Waals surface area contributed by atoms with Crippen molar-refractivity contribution in [1.29, 1.82) is 0 Å². The molecule has 1 heterocycles. The first-order valence-electron chi connectivity index (χ1n) is 5.57. The van der Waals surface area contributed by atoms with Gasteiger partial charge < -0.3 is 10.6 Å². The van der Waals surface area contributed by atoms with Crippen LogP contribution in [0.25, 0.3) is 0 Å². The van der Waals surface area contributed by atoms with Crippen LogP contribution in [0.3, 0.4) is 0 Å². The summed E-state index contributed by atoms with van der Waals surface area (Å²) in [5, 5.41) is 0.948. The summed E-state index contributed by atoms with van der Waals surface area (Å²) >= 11 is 1.44. The second-order valence-electron chi connectivity index (χ2n) is 3.95. The van der Waals surface area contributed by atoms with E-state index in [1.165, 1.54) is 17.1 Å². The predicted octanol–water partition coefficient (Wildman–Crippen LogP) is 2.32. The zero-order valence-corrected chi connectivity index (χ0v) is 10.9. The summed E-state index contributed by atoms with van der Waals surface area (Å²) < 4.78 is 4.28. The molecule has 0 bridgehead atoms. The lowest BCUT2D eigenvalue weighted by Crippen LogP contribution is -2.16. The van der Waals surface area contributed by atoms with Gasteiger partial charge in [-0.25, -0.2) is 4.98 Å². The molecule has 0 aliphatic carbocycles. The van der Waals surface area contributed by atoms with Crippen LogP contribution in [0.2, 0.25) is 0 Å². The van der Waals surface area contributed by atoms with Crippen LogP contribution in [0, 0.1) is 0 Å². The first-order valence-corrected chi connectivity index (χ1v) is 6.34. The van der Waals surface area contributed by atoms with Gasteiger partial charge in [0.2, 0.25) is 5.13 Å². The molecule has 2 N–H and O–H groups in total. The minimum atomic E-state index is 0.794. The van der Waals surface area contributed by atoms with Crippen LogP contribution in [0.15, 0.2) is 24.3 Å². The Morgan fingerprint density at radius 3 is 2.88 bits per heavy atom. The van der Waals surface area contributed by atoms with Crippen molar-refractivity contribution in [2.24, 2.45) is 0 Å². The van der Waals surface area contributed by atoms with Crippen LogP contribution >= 0.6 is 11.5 Å². The lowest BCUT2D eigenvalue weighted by Gasteiger charge is -2.15. The molecule has 5 heteroatoms. The lowest BCUT2D eigenvalue weighted by atomic mass is 10.2. The minimum absolute atomic E-state index is 0.794. The number of aryl methyl sites for hydroxylation is 1. The molecule has 0 aliphatic heterocycles. The summed E-state index contributed by atoms with van der Waals surface area (Å²) in [6, 6.07) is 7.91. The molecule has 0 atom stereocenters. The van der Waals surface area contributed by atoms with Crippen molar-refractivity contribution < 1.29 is 0 Å². The third-order valence-corrected chi connectivity index (χ3v) is 3.34. The summed E-state index contributed by atoms with van der Waals surface area (Å²) in [5.41, 5.74) is 7.73. The Labute approximate surface area is 105 Å². The van der Waals surface area contributed by atoms with Crippen LogP contribution in [0.4, 0.5) is 10.8 Å². The standard InChI is InChI=1S/C12H16N4S/c1-3-11-14-12(17-15-11)16(2)8-9-5-4-6-10(13)7-9/h4-7H,3,8,13H2,1-2H3.